The summed E-state index contributed by atoms with van der Waals surface area (Å²) >= 11 is 0. The van der Waals surface area contributed by atoms with E-state index in [2.05, 4.69) is 10.0 Å². The van der Waals surface area contributed by atoms with Crippen LogP contribution in [-0.4, -0.2) is 26.4 Å². The highest BCUT2D eigenvalue weighted by Gasteiger charge is 2.24. The third kappa shape index (κ3) is 6.15. The average Bonchev–Trinajstić information content (AvgIpc) is 2.79. The van der Waals surface area contributed by atoms with E-state index in [1.807, 2.05) is 6.92 Å². The molecular weight excluding hydrogens is 446 g/mol. The molecule has 1 amide bonds. The predicted molar refractivity (Wildman–Crippen MR) is 124 cm³/mol. The number of nitro benzene ring substituents is 1. The summed E-state index contributed by atoms with van der Waals surface area (Å²) in [5.74, 6) is -0.457. The van der Waals surface area contributed by atoms with Gasteiger partial charge in [0.2, 0.25) is 15.9 Å². The Balaban J connectivity index is 1.83. The number of methoxy groups -OCH3 is 1. The summed E-state index contributed by atoms with van der Waals surface area (Å²) in [6, 6.07) is 18.3. The first-order chi connectivity index (χ1) is 15.7. The molecule has 0 spiro atoms. The molecule has 0 fully saturated rings. The molecule has 33 heavy (non-hydrogen) atoms. The largest absolute Gasteiger partial charge is 0.490 e. The Labute approximate surface area is 191 Å². The quantitative estimate of drug-likeness (QED) is 0.361. The van der Waals surface area contributed by atoms with Crippen molar-refractivity contribution in [2.24, 2.45) is 0 Å². The highest BCUT2D eigenvalue weighted by Crippen LogP contribution is 2.30. The summed E-state index contributed by atoms with van der Waals surface area (Å²) < 4.78 is 33.4. The number of amides is 1. The maximum absolute atomic E-state index is 12.9. The highest BCUT2D eigenvalue weighted by atomic mass is 32.2. The Morgan fingerprint density at radius 2 is 1.73 bits per heavy atom. The zero-order valence-corrected chi connectivity index (χ0v) is 18.8. The molecule has 3 aromatic carbocycles. The van der Waals surface area contributed by atoms with E-state index < -0.39 is 26.9 Å². The van der Waals surface area contributed by atoms with Gasteiger partial charge in [0, 0.05) is 18.2 Å². The van der Waals surface area contributed by atoms with Crippen LogP contribution < -0.4 is 14.8 Å². The van der Waals surface area contributed by atoms with E-state index in [4.69, 9.17) is 4.74 Å². The van der Waals surface area contributed by atoms with Gasteiger partial charge >= 0.3 is 5.69 Å². The van der Waals surface area contributed by atoms with Gasteiger partial charge in [0.05, 0.1) is 23.0 Å². The minimum atomic E-state index is -3.91. The van der Waals surface area contributed by atoms with Crippen LogP contribution in [0.3, 0.4) is 0 Å². The van der Waals surface area contributed by atoms with Crippen molar-refractivity contribution in [3.05, 3.63) is 94.0 Å². The van der Waals surface area contributed by atoms with Gasteiger partial charge in [0.25, 0.3) is 0 Å². The van der Waals surface area contributed by atoms with Gasteiger partial charge in [0.15, 0.2) is 5.75 Å². The lowest BCUT2D eigenvalue weighted by atomic mass is 10.0. The number of sulfonamides is 1. The van der Waals surface area contributed by atoms with Crippen LogP contribution >= 0.6 is 0 Å². The fourth-order valence-corrected chi connectivity index (χ4v) is 4.42. The molecular formula is C23H23N3O6S. The summed E-state index contributed by atoms with van der Waals surface area (Å²) in [7, 11) is -2.59. The van der Waals surface area contributed by atoms with E-state index in [0.29, 0.717) is 5.56 Å². The Hall–Kier alpha value is -3.76. The zero-order chi connectivity index (χ0) is 24.0. The van der Waals surface area contributed by atoms with E-state index in [1.165, 1.54) is 37.4 Å². The topological polar surface area (TPSA) is 128 Å². The first kappa shape index (κ1) is 23.9. The number of nitrogens with zero attached hydrogens (tertiary/aromatic N) is 1. The second-order valence-corrected chi connectivity index (χ2v) is 9.01. The number of nitrogens with one attached hydrogen (secondary N) is 2. The van der Waals surface area contributed by atoms with Gasteiger partial charge in [-0.05, 0) is 36.8 Å². The molecule has 9 nitrogen and oxygen atoms in total. The summed E-state index contributed by atoms with van der Waals surface area (Å²) in [5.41, 5.74) is 1.42. The molecule has 0 saturated heterocycles. The van der Waals surface area contributed by atoms with Crippen LogP contribution in [-0.2, 0) is 14.8 Å². The van der Waals surface area contributed by atoms with Gasteiger partial charge < -0.3 is 10.1 Å². The molecule has 3 aromatic rings. The molecule has 0 saturated carbocycles. The lowest BCUT2D eigenvalue weighted by Gasteiger charge is -2.19. The number of rotatable bonds is 9. The number of aryl methyl sites for hydroxylation is 1. The van der Waals surface area contributed by atoms with E-state index in [-0.39, 0.29) is 28.4 Å². The number of ether oxygens (including phenoxy) is 1. The Bertz CT molecular complexity index is 1240. The summed E-state index contributed by atoms with van der Waals surface area (Å²) in [6.45, 7) is 1.85. The Morgan fingerprint density at radius 3 is 2.33 bits per heavy atom. The summed E-state index contributed by atoms with van der Waals surface area (Å²) in [4.78, 5) is 23.5. The van der Waals surface area contributed by atoms with Gasteiger partial charge in [-0.1, -0.05) is 48.0 Å². The molecule has 0 aliphatic heterocycles. The van der Waals surface area contributed by atoms with Crippen molar-refractivity contribution in [1.29, 1.82) is 0 Å². The molecule has 10 heteroatoms. The predicted octanol–water partition coefficient (Wildman–Crippen LogP) is 3.96. The number of benzene rings is 3. The van der Waals surface area contributed by atoms with Crippen molar-refractivity contribution >= 4 is 27.3 Å². The summed E-state index contributed by atoms with van der Waals surface area (Å²) in [5, 5.41) is 13.8. The minimum Gasteiger partial charge on any atom is -0.490 e. The van der Waals surface area contributed by atoms with Crippen molar-refractivity contribution in [3.8, 4) is 5.75 Å². The molecule has 0 aromatic heterocycles. The lowest BCUT2D eigenvalue weighted by Crippen LogP contribution is -2.31. The van der Waals surface area contributed by atoms with E-state index in [0.717, 1.165) is 5.56 Å². The number of hydrogen-bond acceptors (Lipinski definition) is 6. The normalized spacial score (nSPS) is 12.1. The molecule has 0 unspecified atom stereocenters. The van der Waals surface area contributed by atoms with E-state index in [1.54, 1.807) is 42.5 Å². The molecule has 3 rings (SSSR count). The van der Waals surface area contributed by atoms with Crippen LogP contribution in [0.25, 0.3) is 0 Å². The smallest absolute Gasteiger partial charge is 0.312 e. The molecule has 0 bridgehead atoms. The third-order valence-corrected chi connectivity index (χ3v) is 6.37. The molecule has 172 valence electrons. The number of nitro groups is 1. The van der Waals surface area contributed by atoms with Crippen molar-refractivity contribution in [2.75, 3.05) is 12.4 Å². The number of hydrogen-bond donors (Lipinski definition) is 2. The van der Waals surface area contributed by atoms with Crippen LogP contribution in [0.15, 0.2) is 77.7 Å². The lowest BCUT2D eigenvalue weighted by molar-refractivity contribution is -0.385. The number of carbonyl (C=O) groups excluding carboxylic acids is 1. The molecule has 0 heterocycles. The Morgan fingerprint density at radius 1 is 1.06 bits per heavy atom. The molecule has 0 aliphatic carbocycles. The Kier molecular flexibility index (Phi) is 7.41. The van der Waals surface area contributed by atoms with Crippen molar-refractivity contribution in [3.63, 3.8) is 0 Å². The second kappa shape index (κ2) is 10.2. The fraction of sp³-hybridized carbons (Fsp3) is 0.174. The van der Waals surface area contributed by atoms with Crippen LogP contribution in [0, 0.1) is 17.0 Å². The van der Waals surface area contributed by atoms with Crippen molar-refractivity contribution in [2.45, 2.75) is 24.3 Å². The highest BCUT2D eigenvalue weighted by molar-refractivity contribution is 7.89. The monoisotopic (exact) mass is 469 g/mol. The molecule has 0 aliphatic rings. The number of carbonyl (C=O) groups is 1. The van der Waals surface area contributed by atoms with Crippen molar-refractivity contribution < 1.29 is 22.9 Å². The van der Waals surface area contributed by atoms with Crippen LogP contribution in [0.5, 0.6) is 5.75 Å². The number of anilines is 1. The van der Waals surface area contributed by atoms with Crippen LogP contribution in [0.2, 0.25) is 0 Å². The first-order valence-electron chi connectivity index (χ1n) is 9.96. The van der Waals surface area contributed by atoms with Crippen molar-refractivity contribution in [1.82, 2.24) is 4.72 Å². The maximum atomic E-state index is 12.9. The summed E-state index contributed by atoms with van der Waals surface area (Å²) in [6.07, 6.45) is -0.227. The van der Waals surface area contributed by atoms with Gasteiger partial charge in [-0.15, -0.1) is 0 Å². The van der Waals surface area contributed by atoms with E-state index >= 15 is 0 Å². The van der Waals surface area contributed by atoms with Gasteiger partial charge in [-0.3, -0.25) is 14.9 Å². The van der Waals surface area contributed by atoms with E-state index in [9.17, 15) is 23.3 Å². The molecule has 0 radical (unpaired) electrons. The second-order valence-electron chi connectivity index (χ2n) is 7.29. The maximum Gasteiger partial charge on any atom is 0.312 e. The standard InChI is InChI=1S/C23H23N3O6S/c1-16-8-11-19(12-9-16)33(30,31)25-20(17-6-4-3-5-7-17)15-23(27)24-18-10-13-22(32-2)21(14-18)26(28)29/h3-14,20,25H,15H2,1-2H3,(H,24,27)/t20-/m1/s1. The third-order valence-electron chi connectivity index (χ3n) is 4.88. The van der Waals surface area contributed by atoms with Crippen LogP contribution in [0.1, 0.15) is 23.6 Å². The van der Waals surface area contributed by atoms with Crippen LogP contribution in [0.4, 0.5) is 11.4 Å². The molecule has 2 N–H and O–H groups in total. The SMILES string of the molecule is COc1ccc(NC(=O)C[C@@H](NS(=O)(=O)c2ccc(C)cc2)c2ccccc2)cc1[N+](=O)[O-]. The first-order valence-corrected chi connectivity index (χ1v) is 11.4. The fourth-order valence-electron chi connectivity index (χ4n) is 3.19. The molecule has 1 atom stereocenters. The minimum absolute atomic E-state index is 0.0611. The van der Waals surface area contributed by atoms with Gasteiger partial charge in [-0.2, -0.15) is 0 Å². The van der Waals surface area contributed by atoms with Gasteiger partial charge in [-0.25, -0.2) is 13.1 Å². The van der Waals surface area contributed by atoms with Gasteiger partial charge in [0.1, 0.15) is 0 Å². The average molecular weight is 470 g/mol. The zero-order valence-electron chi connectivity index (χ0n) is 18.0.